The van der Waals surface area contributed by atoms with Crippen LogP contribution < -0.4 is 0 Å². The molecule has 2 aromatic carbocycles. The Balaban J connectivity index is 1.71. The Labute approximate surface area is 202 Å². The summed E-state index contributed by atoms with van der Waals surface area (Å²) in [6.45, 7) is 6.00. The molecular weight excluding hydrogens is 482 g/mol. The van der Waals surface area contributed by atoms with Crippen molar-refractivity contribution in [2.24, 2.45) is 0 Å². The van der Waals surface area contributed by atoms with Gasteiger partial charge in [-0.05, 0) is 36.8 Å². The van der Waals surface area contributed by atoms with Gasteiger partial charge in [-0.1, -0.05) is 55.4 Å². The highest BCUT2D eigenvalue weighted by Crippen LogP contribution is 2.40. The third kappa shape index (κ3) is 5.69. The zero-order valence-electron chi connectivity index (χ0n) is 18.4. The second-order valence-corrected chi connectivity index (χ2v) is 10.5. The smallest absolute Gasteiger partial charge is 0.217 e. The average Bonchev–Trinajstić information content (AvgIpc) is 3.35. The molecule has 0 radical (unpaired) electrons. The molecule has 0 saturated heterocycles. The number of nitrogens with zero attached hydrogens (tertiary/aromatic N) is 3. The number of halogens is 4. The van der Waals surface area contributed by atoms with Crippen molar-refractivity contribution in [3.05, 3.63) is 71.8 Å². The number of benzene rings is 2. The number of rotatable bonds is 5. The molecule has 9 heteroatoms. The molecule has 0 aliphatic carbocycles. The number of hydrogen-bond donors (Lipinski definition) is 0. The lowest BCUT2D eigenvalue weighted by atomic mass is 10.1. The Hall–Kier alpha value is -3.09. The third-order valence-corrected chi connectivity index (χ3v) is 6.92. The molecule has 0 aliphatic rings. The molecule has 2 heterocycles. The normalized spacial score (nSPS) is 11.5. The highest BCUT2D eigenvalue weighted by atomic mass is 32.2. The topological polar surface area (TPSA) is 30.7 Å². The van der Waals surface area contributed by atoms with Crippen molar-refractivity contribution in [3.63, 3.8) is 0 Å². The van der Waals surface area contributed by atoms with Crippen molar-refractivity contribution in [1.82, 2.24) is 14.8 Å². The molecule has 2 aromatic heterocycles. The van der Waals surface area contributed by atoms with E-state index in [0.717, 1.165) is 32.3 Å². The van der Waals surface area contributed by atoms with Gasteiger partial charge in [-0.15, -0.1) is 11.8 Å². The van der Waals surface area contributed by atoms with E-state index in [4.69, 9.17) is 4.98 Å². The summed E-state index contributed by atoms with van der Waals surface area (Å²) in [5.41, 5.74) is 4.06. The summed E-state index contributed by atoms with van der Waals surface area (Å²) in [6.07, 6.45) is -2.71. The van der Waals surface area contributed by atoms with Crippen molar-refractivity contribution >= 4 is 23.1 Å². The lowest BCUT2D eigenvalue weighted by Crippen LogP contribution is -2.01. The lowest BCUT2D eigenvalue weighted by molar-refractivity contribution is -0.0696. The van der Waals surface area contributed by atoms with E-state index in [1.165, 1.54) is 29.4 Å². The lowest BCUT2D eigenvalue weighted by Gasteiger charge is -2.05. The Morgan fingerprint density at radius 2 is 1.79 bits per heavy atom. The third-order valence-electron chi connectivity index (χ3n) is 4.66. The fourth-order valence-electron chi connectivity index (χ4n) is 3.22. The van der Waals surface area contributed by atoms with Gasteiger partial charge in [0.25, 0.3) is 0 Å². The zero-order chi connectivity index (χ0) is 24.5. The monoisotopic (exact) mass is 501 g/mol. The van der Waals surface area contributed by atoms with E-state index < -0.39 is 6.18 Å². The standard InChI is InChI=1S/C25H19F4N3S2/c1-15(2)33-23-22(18-9-7-17(8-10-18)11-12-25(27,28)29)30-24(34-23)32-14-21(16(3)31-32)19-5-4-6-20(26)13-19/h4-10,13-15H,1-3H3. The average molecular weight is 502 g/mol. The fraction of sp³-hybridized carbons (Fsp3) is 0.200. The molecule has 3 nitrogen and oxygen atoms in total. The van der Waals surface area contributed by atoms with Crippen molar-refractivity contribution in [2.45, 2.75) is 36.4 Å². The molecule has 174 valence electrons. The molecule has 0 unspecified atom stereocenters. The first-order valence-electron chi connectivity index (χ1n) is 10.3. The highest BCUT2D eigenvalue weighted by Gasteiger charge is 2.23. The van der Waals surface area contributed by atoms with Crippen LogP contribution in [0.1, 0.15) is 25.1 Å². The summed E-state index contributed by atoms with van der Waals surface area (Å²) in [7, 11) is 0. The molecule has 0 fully saturated rings. The summed E-state index contributed by atoms with van der Waals surface area (Å²) >= 11 is 3.13. The molecule has 0 aliphatic heterocycles. The van der Waals surface area contributed by atoms with Gasteiger partial charge in [-0.2, -0.15) is 18.3 Å². The molecule has 0 bridgehead atoms. The molecule has 0 spiro atoms. The maximum absolute atomic E-state index is 13.7. The molecule has 4 rings (SSSR count). The van der Waals surface area contributed by atoms with Crippen LogP contribution in [0, 0.1) is 24.6 Å². The number of thioether (sulfide) groups is 1. The van der Waals surface area contributed by atoms with E-state index in [1.54, 1.807) is 46.8 Å². The van der Waals surface area contributed by atoms with Crippen LogP contribution in [0.2, 0.25) is 0 Å². The van der Waals surface area contributed by atoms with Crippen molar-refractivity contribution in [2.75, 3.05) is 0 Å². The summed E-state index contributed by atoms with van der Waals surface area (Å²) in [5.74, 6) is 3.09. The molecule has 34 heavy (non-hydrogen) atoms. The van der Waals surface area contributed by atoms with Gasteiger partial charge in [-0.25, -0.2) is 14.1 Å². The van der Waals surface area contributed by atoms with Crippen LogP contribution in [0.5, 0.6) is 0 Å². The minimum atomic E-state index is -4.53. The van der Waals surface area contributed by atoms with E-state index in [0.29, 0.717) is 10.4 Å². The zero-order valence-corrected chi connectivity index (χ0v) is 20.1. The van der Waals surface area contributed by atoms with E-state index in [1.807, 2.05) is 19.2 Å². The van der Waals surface area contributed by atoms with Gasteiger partial charge in [0.2, 0.25) is 5.13 Å². The first-order valence-corrected chi connectivity index (χ1v) is 12.0. The predicted molar refractivity (Wildman–Crippen MR) is 129 cm³/mol. The van der Waals surface area contributed by atoms with Crippen molar-refractivity contribution in [3.8, 4) is 39.4 Å². The maximum atomic E-state index is 13.7. The second-order valence-electron chi connectivity index (χ2n) is 7.71. The number of thiazole rings is 1. The second kappa shape index (κ2) is 9.65. The van der Waals surface area contributed by atoms with Crippen LogP contribution in [0.25, 0.3) is 27.5 Å². The summed E-state index contributed by atoms with van der Waals surface area (Å²) in [6, 6.07) is 12.9. The predicted octanol–water partition coefficient (Wildman–Crippen LogP) is 7.52. The van der Waals surface area contributed by atoms with Crippen molar-refractivity contribution in [1.29, 1.82) is 0 Å². The Morgan fingerprint density at radius 1 is 1.06 bits per heavy atom. The largest absolute Gasteiger partial charge is 0.458 e. The Kier molecular flexibility index (Phi) is 6.82. The number of aryl methyl sites for hydroxylation is 1. The molecular formula is C25H19F4N3S2. The SMILES string of the molecule is Cc1nn(-c2nc(-c3ccc(C#CC(F)(F)F)cc3)c(SC(C)C)s2)cc1-c1cccc(F)c1. The molecule has 0 atom stereocenters. The first-order chi connectivity index (χ1) is 16.1. The van der Waals surface area contributed by atoms with Gasteiger partial charge >= 0.3 is 6.18 Å². The van der Waals surface area contributed by atoms with Crippen LogP contribution in [0.15, 0.2) is 58.9 Å². The maximum Gasteiger partial charge on any atom is 0.458 e. The molecule has 4 aromatic rings. The fourth-order valence-corrected chi connectivity index (χ4v) is 5.67. The van der Waals surface area contributed by atoms with E-state index in [2.05, 4.69) is 24.9 Å². The molecule has 0 saturated carbocycles. The van der Waals surface area contributed by atoms with Gasteiger partial charge in [0.05, 0.1) is 15.6 Å². The van der Waals surface area contributed by atoms with Crippen LogP contribution in [-0.2, 0) is 0 Å². The van der Waals surface area contributed by atoms with Gasteiger partial charge in [0.15, 0.2) is 0 Å². The quantitative estimate of drug-likeness (QED) is 0.161. The minimum absolute atomic E-state index is 0.275. The van der Waals surface area contributed by atoms with Crippen molar-refractivity contribution < 1.29 is 17.6 Å². The number of alkyl halides is 3. The summed E-state index contributed by atoms with van der Waals surface area (Å²) in [4.78, 5) is 4.79. The first kappa shape index (κ1) is 24.0. The molecule has 0 amide bonds. The number of hydrogen-bond acceptors (Lipinski definition) is 4. The summed E-state index contributed by atoms with van der Waals surface area (Å²) < 4.78 is 53.5. The molecule has 0 N–H and O–H groups in total. The minimum Gasteiger partial charge on any atom is -0.217 e. The van der Waals surface area contributed by atoms with E-state index in [9.17, 15) is 17.6 Å². The van der Waals surface area contributed by atoms with Gasteiger partial charge in [-0.3, -0.25) is 0 Å². The van der Waals surface area contributed by atoms with E-state index in [-0.39, 0.29) is 11.4 Å². The Morgan fingerprint density at radius 3 is 2.44 bits per heavy atom. The Bertz CT molecular complexity index is 1370. The highest BCUT2D eigenvalue weighted by molar-refractivity contribution is 8.01. The van der Waals surface area contributed by atoms with Gasteiger partial charge < -0.3 is 0 Å². The van der Waals surface area contributed by atoms with Crippen LogP contribution >= 0.6 is 23.1 Å². The van der Waals surface area contributed by atoms with Crippen LogP contribution in [0.4, 0.5) is 17.6 Å². The van der Waals surface area contributed by atoms with E-state index >= 15 is 0 Å². The van der Waals surface area contributed by atoms with Crippen LogP contribution in [-0.4, -0.2) is 26.2 Å². The number of aromatic nitrogens is 3. The van der Waals surface area contributed by atoms with Gasteiger partial charge in [0.1, 0.15) is 5.82 Å². The van der Waals surface area contributed by atoms with Crippen LogP contribution in [0.3, 0.4) is 0 Å². The van der Waals surface area contributed by atoms with Gasteiger partial charge in [0, 0.05) is 34.1 Å². The summed E-state index contributed by atoms with van der Waals surface area (Å²) in [5, 5.41) is 5.52.